The number of aromatic nitrogens is 4. The molecule has 0 radical (unpaired) electrons. The molecule has 0 atom stereocenters. The Balaban J connectivity index is 1.24. The predicted octanol–water partition coefficient (Wildman–Crippen LogP) is 4.80. The SMILES string of the molecule is CCc1cc(Nc2ncc(Cl)c(Nc3ccc4nccnc4c3NS(C)(=O)=O)n2)c(OC)cc1N1CCC(N2CCOCC2)CC1. The van der Waals surface area contributed by atoms with E-state index in [1.807, 2.05) is 0 Å². The van der Waals surface area contributed by atoms with E-state index in [0.717, 1.165) is 70.6 Å². The van der Waals surface area contributed by atoms with Gasteiger partial charge in [-0.15, -0.1) is 0 Å². The molecule has 2 aromatic carbocycles. The molecule has 2 fully saturated rings. The Labute approximate surface area is 273 Å². The van der Waals surface area contributed by atoms with Crippen molar-refractivity contribution in [3.05, 3.63) is 53.4 Å². The van der Waals surface area contributed by atoms with Crippen molar-refractivity contribution in [2.24, 2.45) is 0 Å². The van der Waals surface area contributed by atoms with Gasteiger partial charge < -0.3 is 25.0 Å². The lowest BCUT2D eigenvalue weighted by Gasteiger charge is -2.41. The number of ether oxygens (including phenoxy) is 2. The molecule has 2 aromatic heterocycles. The topological polar surface area (TPSA) is 147 Å². The number of anilines is 6. The average molecular weight is 668 g/mol. The summed E-state index contributed by atoms with van der Waals surface area (Å²) < 4.78 is 38.4. The summed E-state index contributed by atoms with van der Waals surface area (Å²) in [4.78, 5) is 22.7. The van der Waals surface area contributed by atoms with Crippen LogP contribution in [0.2, 0.25) is 5.02 Å². The van der Waals surface area contributed by atoms with E-state index >= 15 is 0 Å². The first kappa shape index (κ1) is 32.0. The molecule has 2 aliphatic rings. The second kappa shape index (κ2) is 13.8. The van der Waals surface area contributed by atoms with Gasteiger partial charge >= 0.3 is 0 Å². The Morgan fingerprint density at radius 1 is 1.02 bits per heavy atom. The fraction of sp³-hybridized carbons (Fsp3) is 0.419. The third kappa shape index (κ3) is 7.20. The molecule has 15 heteroatoms. The highest BCUT2D eigenvalue weighted by Gasteiger charge is 2.27. The maximum Gasteiger partial charge on any atom is 0.229 e. The smallest absolute Gasteiger partial charge is 0.229 e. The van der Waals surface area contributed by atoms with Gasteiger partial charge in [0.15, 0.2) is 5.82 Å². The molecule has 0 unspecified atom stereocenters. The number of nitrogens with zero attached hydrogens (tertiary/aromatic N) is 6. The Hall–Kier alpha value is -3.98. The summed E-state index contributed by atoms with van der Waals surface area (Å²) in [6.45, 7) is 7.78. The van der Waals surface area contributed by atoms with Crippen molar-refractivity contribution in [2.45, 2.75) is 32.2 Å². The number of sulfonamides is 1. The predicted molar refractivity (Wildman–Crippen MR) is 182 cm³/mol. The molecule has 0 spiro atoms. The van der Waals surface area contributed by atoms with Crippen molar-refractivity contribution in [1.29, 1.82) is 0 Å². The van der Waals surface area contributed by atoms with Gasteiger partial charge in [-0.05, 0) is 43.0 Å². The Bertz CT molecular complexity index is 1810. The summed E-state index contributed by atoms with van der Waals surface area (Å²) in [6.07, 6.45) is 8.66. The third-order valence-corrected chi connectivity index (χ3v) is 9.17. The molecule has 0 amide bonds. The number of morpholine rings is 1. The highest BCUT2D eigenvalue weighted by molar-refractivity contribution is 7.92. The van der Waals surface area contributed by atoms with Crippen LogP contribution in [0.4, 0.5) is 34.5 Å². The summed E-state index contributed by atoms with van der Waals surface area (Å²) >= 11 is 6.50. The van der Waals surface area contributed by atoms with Gasteiger partial charge in [0.05, 0.1) is 55.4 Å². The summed E-state index contributed by atoms with van der Waals surface area (Å²) in [6, 6.07) is 8.19. The molecule has 2 saturated heterocycles. The second-order valence-corrected chi connectivity index (χ2v) is 13.5. The fourth-order valence-electron chi connectivity index (χ4n) is 6.07. The second-order valence-electron chi connectivity index (χ2n) is 11.3. The average Bonchev–Trinajstić information content (AvgIpc) is 3.07. The van der Waals surface area contributed by atoms with Gasteiger partial charge in [0.2, 0.25) is 16.0 Å². The van der Waals surface area contributed by atoms with E-state index in [2.05, 4.69) is 64.1 Å². The summed E-state index contributed by atoms with van der Waals surface area (Å²) in [5, 5.41) is 6.69. The van der Waals surface area contributed by atoms with E-state index in [1.165, 1.54) is 29.8 Å². The first-order valence-corrected chi connectivity index (χ1v) is 17.5. The minimum Gasteiger partial charge on any atom is -0.494 e. The zero-order valence-corrected chi connectivity index (χ0v) is 27.7. The van der Waals surface area contributed by atoms with Crippen LogP contribution in [0.3, 0.4) is 0 Å². The van der Waals surface area contributed by atoms with Gasteiger partial charge in [-0.3, -0.25) is 19.6 Å². The molecule has 0 aliphatic carbocycles. The van der Waals surface area contributed by atoms with Crippen molar-refractivity contribution < 1.29 is 17.9 Å². The maximum absolute atomic E-state index is 12.2. The Morgan fingerprint density at radius 3 is 2.50 bits per heavy atom. The summed E-state index contributed by atoms with van der Waals surface area (Å²) in [5.41, 5.74) is 4.63. The molecule has 2 aliphatic heterocycles. The summed E-state index contributed by atoms with van der Waals surface area (Å²) in [7, 11) is -1.99. The highest BCUT2D eigenvalue weighted by Crippen LogP contribution is 2.38. The molecule has 13 nitrogen and oxygen atoms in total. The van der Waals surface area contributed by atoms with Gasteiger partial charge in [0.1, 0.15) is 16.3 Å². The van der Waals surface area contributed by atoms with Gasteiger partial charge in [-0.25, -0.2) is 13.4 Å². The number of halogens is 1. The fourth-order valence-corrected chi connectivity index (χ4v) is 6.78. The molecule has 4 aromatic rings. The zero-order chi connectivity index (χ0) is 32.3. The Morgan fingerprint density at radius 2 is 1.78 bits per heavy atom. The van der Waals surface area contributed by atoms with Crippen molar-refractivity contribution in [3.63, 3.8) is 0 Å². The quantitative estimate of drug-likeness (QED) is 0.213. The van der Waals surface area contributed by atoms with E-state index in [9.17, 15) is 8.42 Å². The van der Waals surface area contributed by atoms with Crippen LogP contribution in [0.5, 0.6) is 5.75 Å². The van der Waals surface area contributed by atoms with E-state index in [-0.39, 0.29) is 22.5 Å². The monoisotopic (exact) mass is 667 g/mol. The van der Waals surface area contributed by atoms with Crippen LogP contribution in [0.1, 0.15) is 25.3 Å². The number of rotatable bonds is 10. The van der Waals surface area contributed by atoms with Gasteiger partial charge in [-0.1, -0.05) is 18.5 Å². The zero-order valence-electron chi connectivity index (χ0n) is 26.1. The van der Waals surface area contributed by atoms with Gasteiger partial charge in [0.25, 0.3) is 0 Å². The largest absolute Gasteiger partial charge is 0.494 e. The van der Waals surface area contributed by atoms with Crippen LogP contribution < -0.4 is 25.0 Å². The molecule has 4 heterocycles. The number of methoxy groups -OCH3 is 1. The van der Waals surface area contributed by atoms with Crippen molar-refractivity contribution >= 4 is 67.2 Å². The number of fused-ring (bicyclic) bond motifs is 1. The molecule has 3 N–H and O–H groups in total. The number of piperidine rings is 1. The number of hydrogen-bond acceptors (Lipinski definition) is 12. The van der Waals surface area contributed by atoms with Crippen molar-refractivity contribution in [3.8, 4) is 5.75 Å². The molecule has 0 saturated carbocycles. The van der Waals surface area contributed by atoms with Crippen molar-refractivity contribution in [2.75, 3.05) is 73.0 Å². The summed E-state index contributed by atoms with van der Waals surface area (Å²) in [5.74, 6) is 1.22. The lowest BCUT2D eigenvalue weighted by molar-refractivity contribution is 0.0115. The van der Waals surface area contributed by atoms with Crippen LogP contribution in [0.25, 0.3) is 11.0 Å². The van der Waals surface area contributed by atoms with Crippen LogP contribution in [0.15, 0.2) is 42.9 Å². The third-order valence-electron chi connectivity index (χ3n) is 8.32. The standard InChI is InChI=1S/C31H38ClN9O4S/c1-4-20-17-25(27(44-2)18-26(20)41-11-7-21(8-12-41)40-13-15-45-16-14-40)37-31-35-19-22(32)30(38-31)36-24-6-5-23-28(34-10-9-33-23)29(24)39-46(3,42)43/h5-6,9-10,17-19,21,39H,4,7-8,11-16H2,1-3H3,(H2,35,36,37,38). The molecule has 6 rings (SSSR count). The lowest BCUT2D eigenvalue weighted by atomic mass is 10.00. The van der Waals surface area contributed by atoms with Crippen LogP contribution in [-0.2, 0) is 21.2 Å². The number of benzene rings is 2. The molecular weight excluding hydrogens is 630 g/mol. The molecule has 244 valence electrons. The maximum atomic E-state index is 12.2. The van der Waals surface area contributed by atoms with E-state index in [0.29, 0.717) is 28.5 Å². The van der Waals surface area contributed by atoms with Crippen LogP contribution in [0, 0.1) is 0 Å². The lowest BCUT2D eigenvalue weighted by Crippen LogP contribution is -2.49. The number of aryl methyl sites for hydroxylation is 1. The number of nitrogens with one attached hydrogen (secondary N) is 3. The first-order chi connectivity index (χ1) is 22.2. The first-order valence-electron chi connectivity index (χ1n) is 15.3. The van der Waals surface area contributed by atoms with Crippen LogP contribution in [-0.4, -0.2) is 92.1 Å². The number of hydrogen-bond donors (Lipinski definition) is 3. The minimum absolute atomic E-state index is 0.233. The molecular formula is C31H38ClN9O4S. The highest BCUT2D eigenvalue weighted by atomic mass is 35.5. The van der Waals surface area contributed by atoms with E-state index in [1.54, 1.807) is 19.2 Å². The molecule has 0 bridgehead atoms. The van der Waals surface area contributed by atoms with Gasteiger partial charge in [-0.2, -0.15) is 4.98 Å². The van der Waals surface area contributed by atoms with Crippen molar-refractivity contribution in [1.82, 2.24) is 24.8 Å². The van der Waals surface area contributed by atoms with E-state index < -0.39 is 10.0 Å². The minimum atomic E-state index is -3.64. The normalized spacial score (nSPS) is 16.4. The van der Waals surface area contributed by atoms with Gasteiger partial charge in [0, 0.05) is 56.4 Å². The Kier molecular flexibility index (Phi) is 9.59. The van der Waals surface area contributed by atoms with E-state index in [4.69, 9.17) is 21.1 Å². The molecule has 46 heavy (non-hydrogen) atoms. The van der Waals surface area contributed by atoms with Crippen LogP contribution >= 0.6 is 11.6 Å².